The summed E-state index contributed by atoms with van der Waals surface area (Å²) < 4.78 is 0. The van der Waals surface area contributed by atoms with E-state index in [9.17, 15) is 0 Å². The molecule has 0 aromatic heterocycles. The molecule has 2 heteroatoms. The van der Waals surface area contributed by atoms with Crippen molar-refractivity contribution in [3.8, 4) is 5.40 Å². The summed E-state index contributed by atoms with van der Waals surface area (Å²) in [6, 6.07) is 2.17. The number of nitriles is 1. The van der Waals surface area contributed by atoms with Crippen molar-refractivity contribution in [3.05, 3.63) is 28.3 Å². The fourth-order valence-electron chi connectivity index (χ4n) is 1.38. The van der Waals surface area contributed by atoms with Crippen LogP contribution in [0.25, 0.3) is 0 Å². The van der Waals surface area contributed by atoms with Gasteiger partial charge in [0.05, 0.1) is 0 Å². The number of thiocyanates is 1. The highest BCUT2D eigenvalue weighted by Crippen LogP contribution is 2.29. The van der Waals surface area contributed by atoms with E-state index in [-0.39, 0.29) is 0 Å². The van der Waals surface area contributed by atoms with Crippen LogP contribution in [0.3, 0.4) is 0 Å². The molecule has 0 aliphatic rings. The van der Waals surface area contributed by atoms with Gasteiger partial charge in [0.2, 0.25) is 0 Å². The third-order valence-corrected chi connectivity index (χ3v) is 3.35. The molecule has 0 fully saturated rings. The van der Waals surface area contributed by atoms with Crippen LogP contribution in [-0.2, 0) is 0 Å². The zero-order valence-electron chi connectivity index (χ0n) is 8.43. The fraction of sp³-hybridized carbons (Fsp3) is 0.364. The van der Waals surface area contributed by atoms with Crippen molar-refractivity contribution in [1.29, 1.82) is 5.26 Å². The summed E-state index contributed by atoms with van der Waals surface area (Å²) in [6.07, 6.45) is 0. The molecule has 0 bridgehead atoms. The number of rotatable bonds is 1. The van der Waals surface area contributed by atoms with E-state index in [4.69, 9.17) is 5.26 Å². The minimum Gasteiger partial charge on any atom is -0.185 e. The van der Waals surface area contributed by atoms with E-state index >= 15 is 0 Å². The first-order chi connectivity index (χ1) is 6.07. The van der Waals surface area contributed by atoms with Gasteiger partial charge in [0.25, 0.3) is 0 Å². The van der Waals surface area contributed by atoms with Crippen LogP contribution in [0.2, 0.25) is 0 Å². The van der Waals surface area contributed by atoms with Crippen LogP contribution < -0.4 is 0 Å². The summed E-state index contributed by atoms with van der Waals surface area (Å²) in [6.45, 7) is 8.31. The molecular weight excluding hydrogens is 178 g/mol. The van der Waals surface area contributed by atoms with Crippen LogP contribution in [0.5, 0.6) is 0 Å². The predicted molar refractivity (Wildman–Crippen MR) is 56.9 cm³/mol. The molecule has 0 aliphatic carbocycles. The number of nitrogens with zero attached hydrogens (tertiary/aromatic N) is 1. The van der Waals surface area contributed by atoms with Crippen molar-refractivity contribution in [2.24, 2.45) is 0 Å². The summed E-state index contributed by atoms with van der Waals surface area (Å²) in [5.74, 6) is 0. The standard InChI is InChI=1S/C11H13NS/c1-7-5-8(2)10(4)11(9(7)3)13-6-12/h5H,1-4H3. The average Bonchev–Trinajstić information content (AvgIpc) is 2.09. The number of benzene rings is 1. The van der Waals surface area contributed by atoms with E-state index < -0.39 is 0 Å². The van der Waals surface area contributed by atoms with Gasteiger partial charge >= 0.3 is 0 Å². The molecule has 1 aromatic carbocycles. The van der Waals surface area contributed by atoms with E-state index in [0.29, 0.717) is 0 Å². The molecule has 0 saturated heterocycles. The zero-order chi connectivity index (χ0) is 10.0. The molecule has 0 atom stereocenters. The number of hydrogen-bond donors (Lipinski definition) is 0. The van der Waals surface area contributed by atoms with E-state index in [1.807, 2.05) is 0 Å². The predicted octanol–water partition coefficient (Wildman–Crippen LogP) is 3.49. The van der Waals surface area contributed by atoms with Gasteiger partial charge in [-0.15, -0.1) is 0 Å². The molecule has 1 nitrogen and oxygen atoms in total. The minimum absolute atomic E-state index is 1.13. The molecule has 0 amide bonds. The molecule has 0 radical (unpaired) electrons. The molecule has 0 saturated carbocycles. The maximum Gasteiger partial charge on any atom is 0.138 e. The van der Waals surface area contributed by atoms with Gasteiger partial charge in [-0.1, -0.05) is 6.07 Å². The van der Waals surface area contributed by atoms with Crippen LogP contribution in [-0.4, -0.2) is 0 Å². The molecule has 0 heterocycles. The Morgan fingerprint density at radius 3 is 1.92 bits per heavy atom. The molecule has 0 aliphatic heterocycles. The van der Waals surface area contributed by atoms with E-state index in [1.165, 1.54) is 34.0 Å². The Kier molecular flexibility index (Phi) is 3.00. The number of thioether (sulfide) groups is 1. The highest BCUT2D eigenvalue weighted by Gasteiger charge is 2.07. The van der Waals surface area contributed by atoms with Gasteiger partial charge in [0.15, 0.2) is 0 Å². The van der Waals surface area contributed by atoms with Crippen LogP contribution >= 0.6 is 11.8 Å². The number of aryl methyl sites for hydroxylation is 2. The first-order valence-corrected chi connectivity index (χ1v) is 5.03. The molecule has 0 unspecified atom stereocenters. The van der Waals surface area contributed by atoms with Gasteiger partial charge in [-0.05, 0) is 61.7 Å². The lowest BCUT2D eigenvalue weighted by Crippen LogP contribution is -1.92. The number of hydrogen-bond acceptors (Lipinski definition) is 2. The second kappa shape index (κ2) is 3.85. The van der Waals surface area contributed by atoms with E-state index in [0.717, 1.165) is 4.90 Å². The monoisotopic (exact) mass is 191 g/mol. The van der Waals surface area contributed by atoms with Gasteiger partial charge in [-0.3, -0.25) is 0 Å². The summed E-state index contributed by atoms with van der Waals surface area (Å²) in [5, 5.41) is 10.8. The van der Waals surface area contributed by atoms with Gasteiger partial charge in [-0.2, -0.15) is 5.26 Å². The Morgan fingerprint density at radius 1 is 1.08 bits per heavy atom. The van der Waals surface area contributed by atoms with Crippen LogP contribution in [0.4, 0.5) is 0 Å². The van der Waals surface area contributed by atoms with Gasteiger partial charge in [0.1, 0.15) is 5.40 Å². The van der Waals surface area contributed by atoms with E-state index in [1.54, 1.807) is 0 Å². The van der Waals surface area contributed by atoms with Crippen molar-refractivity contribution < 1.29 is 0 Å². The fourth-order valence-corrected chi connectivity index (χ4v) is 2.10. The Morgan fingerprint density at radius 2 is 1.54 bits per heavy atom. The van der Waals surface area contributed by atoms with Gasteiger partial charge < -0.3 is 0 Å². The van der Waals surface area contributed by atoms with Crippen LogP contribution in [0, 0.1) is 38.4 Å². The van der Waals surface area contributed by atoms with Gasteiger partial charge in [0, 0.05) is 4.90 Å². The SMILES string of the molecule is Cc1cc(C)c(C)c(SC#N)c1C. The van der Waals surface area contributed by atoms with Gasteiger partial charge in [-0.25, -0.2) is 0 Å². The lowest BCUT2D eigenvalue weighted by molar-refractivity contribution is 1.13. The van der Waals surface area contributed by atoms with Crippen molar-refractivity contribution in [1.82, 2.24) is 0 Å². The second-order valence-electron chi connectivity index (χ2n) is 3.28. The molecule has 0 spiro atoms. The minimum atomic E-state index is 1.13. The smallest absolute Gasteiger partial charge is 0.138 e. The topological polar surface area (TPSA) is 23.8 Å². The first-order valence-electron chi connectivity index (χ1n) is 4.21. The van der Waals surface area contributed by atoms with Crippen molar-refractivity contribution in [2.45, 2.75) is 32.6 Å². The van der Waals surface area contributed by atoms with Crippen molar-refractivity contribution in [3.63, 3.8) is 0 Å². The van der Waals surface area contributed by atoms with Crippen LogP contribution in [0.1, 0.15) is 22.3 Å². The van der Waals surface area contributed by atoms with Crippen LogP contribution in [0.15, 0.2) is 11.0 Å². The zero-order valence-corrected chi connectivity index (χ0v) is 9.25. The quantitative estimate of drug-likeness (QED) is 0.501. The average molecular weight is 191 g/mol. The summed E-state index contributed by atoms with van der Waals surface area (Å²) >= 11 is 1.26. The Labute approximate surface area is 83.8 Å². The van der Waals surface area contributed by atoms with E-state index in [2.05, 4.69) is 39.2 Å². The third kappa shape index (κ3) is 1.87. The highest BCUT2D eigenvalue weighted by molar-refractivity contribution is 8.03. The summed E-state index contributed by atoms with van der Waals surface area (Å²) in [4.78, 5) is 1.13. The summed E-state index contributed by atoms with van der Waals surface area (Å²) in [7, 11) is 0. The largest absolute Gasteiger partial charge is 0.185 e. The van der Waals surface area contributed by atoms with Crippen molar-refractivity contribution >= 4 is 11.8 Å². The Bertz CT molecular complexity index is 348. The molecule has 1 rings (SSSR count). The molecule has 13 heavy (non-hydrogen) atoms. The lowest BCUT2D eigenvalue weighted by atomic mass is 10.0. The Balaban J connectivity index is 3.39. The summed E-state index contributed by atoms with van der Waals surface area (Å²) in [5.41, 5.74) is 4.99. The molecule has 1 aromatic rings. The highest BCUT2D eigenvalue weighted by atomic mass is 32.2. The Hall–Kier alpha value is -0.940. The molecular formula is C11H13NS. The maximum absolute atomic E-state index is 8.66. The molecule has 68 valence electrons. The first kappa shape index (κ1) is 10.1. The van der Waals surface area contributed by atoms with Crippen molar-refractivity contribution in [2.75, 3.05) is 0 Å². The maximum atomic E-state index is 8.66. The third-order valence-electron chi connectivity index (χ3n) is 2.44. The lowest BCUT2D eigenvalue weighted by Gasteiger charge is -2.11. The molecule has 0 N–H and O–H groups in total. The second-order valence-corrected chi connectivity index (χ2v) is 4.08. The normalized spacial score (nSPS) is 9.77.